The molecule has 156 valence electrons. The van der Waals surface area contributed by atoms with Crippen LogP contribution in [0.15, 0.2) is 53.1 Å². The SMILES string of the molecule is Cc1ccc2c(c1)N(S(C)(=O)=O)C[C@H](C(=O)NCc1nc(-c3ccccc3)no1)O2. The maximum atomic E-state index is 12.7. The number of aromatic nitrogens is 2. The van der Waals surface area contributed by atoms with Crippen LogP contribution in [0.2, 0.25) is 0 Å². The quantitative estimate of drug-likeness (QED) is 0.660. The summed E-state index contributed by atoms with van der Waals surface area (Å²) >= 11 is 0. The van der Waals surface area contributed by atoms with Gasteiger partial charge in [-0.05, 0) is 24.6 Å². The van der Waals surface area contributed by atoms with E-state index in [1.807, 2.05) is 37.3 Å². The molecule has 30 heavy (non-hydrogen) atoms. The van der Waals surface area contributed by atoms with E-state index in [1.165, 1.54) is 4.31 Å². The van der Waals surface area contributed by atoms with Crippen molar-refractivity contribution in [1.29, 1.82) is 0 Å². The number of carbonyl (C=O) groups is 1. The van der Waals surface area contributed by atoms with Gasteiger partial charge in [0.25, 0.3) is 5.91 Å². The number of carbonyl (C=O) groups excluding carboxylic acids is 1. The molecule has 2 heterocycles. The van der Waals surface area contributed by atoms with Crippen LogP contribution in [0.1, 0.15) is 11.5 Å². The molecule has 2 aromatic carbocycles. The van der Waals surface area contributed by atoms with Gasteiger partial charge in [-0.15, -0.1) is 0 Å². The molecule has 0 unspecified atom stereocenters. The number of ether oxygens (including phenoxy) is 1. The summed E-state index contributed by atoms with van der Waals surface area (Å²) in [6.45, 7) is 1.73. The Kier molecular flexibility index (Phi) is 5.17. The Hall–Kier alpha value is -3.40. The number of aryl methyl sites for hydroxylation is 1. The highest BCUT2D eigenvalue weighted by Gasteiger charge is 2.35. The first-order valence-electron chi connectivity index (χ1n) is 9.22. The number of hydrogen-bond acceptors (Lipinski definition) is 7. The predicted octanol–water partition coefficient (Wildman–Crippen LogP) is 1.89. The van der Waals surface area contributed by atoms with Crippen molar-refractivity contribution in [1.82, 2.24) is 15.5 Å². The highest BCUT2D eigenvalue weighted by Crippen LogP contribution is 2.35. The number of rotatable bonds is 5. The van der Waals surface area contributed by atoms with Crippen LogP contribution in [0.25, 0.3) is 11.4 Å². The summed E-state index contributed by atoms with van der Waals surface area (Å²) in [6, 6.07) is 14.5. The van der Waals surface area contributed by atoms with E-state index in [2.05, 4.69) is 15.5 Å². The van der Waals surface area contributed by atoms with E-state index < -0.39 is 22.0 Å². The maximum absolute atomic E-state index is 12.7. The minimum atomic E-state index is -3.58. The normalized spacial score (nSPS) is 15.9. The van der Waals surface area contributed by atoms with E-state index in [4.69, 9.17) is 9.26 Å². The van der Waals surface area contributed by atoms with Gasteiger partial charge in [0.15, 0.2) is 6.10 Å². The lowest BCUT2D eigenvalue weighted by Gasteiger charge is -2.34. The molecule has 0 bridgehead atoms. The fraction of sp³-hybridized carbons (Fsp3) is 0.250. The molecule has 1 aromatic heterocycles. The van der Waals surface area contributed by atoms with E-state index in [-0.39, 0.29) is 19.0 Å². The number of hydrogen-bond donors (Lipinski definition) is 1. The van der Waals surface area contributed by atoms with Crippen molar-refractivity contribution in [2.75, 3.05) is 17.1 Å². The zero-order valence-corrected chi connectivity index (χ0v) is 17.2. The second-order valence-corrected chi connectivity index (χ2v) is 8.87. The topological polar surface area (TPSA) is 115 Å². The van der Waals surface area contributed by atoms with E-state index in [9.17, 15) is 13.2 Å². The number of nitrogens with one attached hydrogen (secondary N) is 1. The van der Waals surface area contributed by atoms with Gasteiger partial charge in [0, 0.05) is 5.56 Å². The molecule has 0 spiro atoms. The molecule has 1 aliphatic heterocycles. The lowest BCUT2D eigenvalue weighted by atomic mass is 10.1. The van der Waals surface area contributed by atoms with Crippen molar-refractivity contribution >= 4 is 21.6 Å². The van der Waals surface area contributed by atoms with Gasteiger partial charge in [-0.3, -0.25) is 9.10 Å². The second-order valence-electron chi connectivity index (χ2n) is 6.97. The number of sulfonamides is 1. The molecule has 3 aromatic rings. The first-order valence-corrected chi connectivity index (χ1v) is 11.1. The second kappa shape index (κ2) is 7.79. The molecule has 0 aliphatic carbocycles. The van der Waals surface area contributed by atoms with Crippen LogP contribution in [0.4, 0.5) is 5.69 Å². The molecule has 0 fully saturated rings. The van der Waals surface area contributed by atoms with Crippen LogP contribution >= 0.6 is 0 Å². The van der Waals surface area contributed by atoms with Crippen molar-refractivity contribution in [2.45, 2.75) is 19.6 Å². The summed E-state index contributed by atoms with van der Waals surface area (Å²) in [5.74, 6) is 0.506. The van der Waals surface area contributed by atoms with Crippen LogP contribution in [0.5, 0.6) is 5.75 Å². The van der Waals surface area contributed by atoms with Crippen LogP contribution in [0, 0.1) is 6.92 Å². The van der Waals surface area contributed by atoms with Gasteiger partial charge in [-0.25, -0.2) is 8.42 Å². The Morgan fingerprint density at radius 1 is 1.23 bits per heavy atom. The fourth-order valence-electron chi connectivity index (χ4n) is 3.12. The van der Waals surface area contributed by atoms with Gasteiger partial charge in [0.05, 0.1) is 25.0 Å². The first kappa shape index (κ1) is 19.9. The van der Waals surface area contributed by atoms with Gasteiger partial charge < -0.3 is 14.6 Å². The molecular formula is C20H20N4O5S. The Labute approximate surface area is 173 Å². The number of fused-ring (bicyclic) bond motifs is 1. The van der Waals surface area contributed by atoms with Gasteiger partial charge in [0.2, 0.25) is 21.7 Å². The summed E-state index contributed by atoms with van der Waals surface area (Å²) in [5.41, 5.74) is 2.11. The van der Waals surface area contributed by atoms with Crippen molar-refractivity contribution in [2.24, 2.45) is 0 Å². The summed E-state index contributed by atoms with van der Waals surface area (Å²) < 4.78 is 36.6. The minimum Gasteiger partial charge on any atom is -0.476 e. The third-order valence-electron chi connectivity index (χ3n) is 4.59. The molecular weight excluding hydrogens is 408 g/mol. The molecule has 1 atom stereocenters. The molecule has 0 saturated carbocycles. The first-order chi connectivity index (χ1) is 14.3. The van der Waals surface area contributed by atoms with Gasteiger partial charge in [0.1, 0.15) is 5.75 Å². The Morgan fingerprint density at radius 2 is 2.00 bits per heavy atom. The summed E-state index contributed by atoms with van der Waals surface area (Å²) in [6.07, 6.45) is 0.0922. The smallest absolute Gasteiger partial charge is 0.263 e. The van der Waals surface area contributed by atoms with E-state index >= 15 is 0 Å². The number of nitrogens with zero attached hydrogens (tertiary/aromatic N) is 3. The average Bonchev–Trinajstić information content (AvgIpc) is 3.20. The average molecular weight is 428 g/mol. The molecule has 0 saturated heterocycles. The van der Waals surface area contributed by atoms with Crippen LogP contribution in [0.3, 0.4) is 0 Å². The van der Waals surface area contributed by atoms with Crippen molar-refractivity contribution < 1.29 is 22.5 Å². The largest absolute Gasteiger partial charge is 0.476 e. The number of amides is 1. The van der Waals surface area contributed by atoms with Gasteiger partial charge >= 0.3 is 0 Å². The zero-order chi connectivity index (χ0) is 21.3. The standard InChI is InChI=1S/C20H20N4O5S/c1-13-8-9-16-15(10-13)24(30(2,26)27)12-17(28-16)20(25)21-11-18-22-19(23-29-18)14-6-4-3-5-7-14/h3-10,17H,11-12H2,1-2H3,(H,21,25)/t17-/m1/s1. The lowest BCUT2D eigenvalue weighted by molar-refractivity contribution is -0.128. The van der Waals surface area contributed by atoms with Crippen LogP contribution < -0.4 is 14.4 Å². The van der Waals surface area contributed by atoms with Crippen LogP contribution in [-0.2, 0) is 21.4 Å². The highest BCUT2D eigenvalue weighted by atomic mass is 32.2. The summed E-state index contributed by atoms with van der Waals surface area (Å²) in [5, 5.41) is 6.57. The van der Waals surface area contributed by atoms with E-state index in [1.54, 1.807) is 18.2 Å². The van der Waals surface area contributed by atoms with E-state index in [0.717, 1.165) is 17.4 Å². The third kappa shape index (κ3) is 4.13. The van der Waals surface area contributed by atoms with Crippen molar-refractivity contribution in [3.05, 3.63) is 60.0 Å². The van der Waals surface area contributed by atoms with Gasteiger partial charge in [-0.2, -0.15) is 4.98 Å². The number of benzene rings is 2. The summed E-state index contributed by atoms with van der Waals surface area (Å²) in [4.78, 5) is 16.9. The molecule has 10 heteroatoms. The highest BCUT2D eigenvalue weighted by molar-refractivity contribution is 7.92. The summed E-state index contributed by atoms with van der Waals surface area (Å²) in [7, 11) is -3.58. The monoisotopic (exact) mass is 428 g/mol. The minimum absolute atomic E-state index is 0.00183. The Morgan fingerprint density at radius 3 is 2.73 bits per heavy atom. The van der Waals surface area contributed by atoms with Gasteiger partial charge in [-0.1, -0.05) is 41.6 Å². The molecule has 1 aliphatic rings. The molecule has 1 amide bonds. The lowest BCUT2D eigenvalue weighted by Crippen LogP contribution is -2.50. The number of anilines is 1. The molecule has 1 N–H and O–H groups in total. The van der Waals surface area contributed by atoms with Crippen molar-refractivity contribution in [3.8, 4) is 17.1 Å². The Bertz CT molecular complexity index is 1180. The zero-order valence-electron chi connectivity index (χ0n) is 16.4. The molecule has 4 rings (SSSR count). The van der Waals surface area contributed by atoms with Crippen LogP contribution in [-0.4, -0.2) is 43.4 Å². The molecule has 9 nitrogen and oxygen atoms in total. The third-order valence-corrected chi connectivity index (χ3v) is 5.74. The predicted molar refractivity (Wildman–Crippen MR) is 109 cm³/mol. The molecule has 0 radical (unpaired) electrons. The fourth-order valence-corrected chi connectivity index (χ4v) is 4.03. The van der Waals surface area contributed by atoms with E-state index in [0.29, 0.717) is 17.3 Å². The maximum Gasteiger partial charge on any atom is 0.263 e. The Balaban J connectivity index is 1.46. The van der Waals surface area contributed by atoms with Crippen molar-refractivity contribution in [3.63, 3.8) is 0 Å².